The summed E-state index contributed by atoms with van der Waals surface area (Å²) in [7, 11) is 0. The van der Waals surface area contributed by atoms with Gasteiger partial charge in [-0.15, -0.1) is 0 Å². The molecule has 9 atom stereocenters. The molecule has 2 fully saturated rings. The first kappa shape index (κ1) is 23.1. The molecule has 174 valence electrons. The zero-order valence-electron chi connectivity index (χ0n) is 17.1. The molecular formula is C22H27NO9. The summed E-state index contributed by atoms with van der Waals surface area (Å²) in [6, 6.07) is 7.00. The van der Waals surface area contributed by atoms with Crippen molar-refractivity contribution in [2.24, 2.45) is 0 Å². The molecule has 3 heterocycles. The molecule has 2 saturated heterocycles. The quantitative estimate of drug-likeness (QED) is 0.244. The molecule has 2 aliphatic rings. The number of aromatic amines is 1. The summed E-state index contributed by atoms with van der Waals surface area (Å²) >= 11 is 0. The van der Waals surface area contributed by atoms with Crippen molar-refractivity contribution in [2.75, 3.05) is 13.2 Å². The van der Waals surface area contributed by atoms with Crippen LogP contribution in [0.15, 0.2) is 24.3 Å². The second-order valence-corrected chi connectivity index (χ2v) is 8.20. The molecule has 0 aliphatic carbocycles. The Morgan fingerprint density at radius 2 is 1.69 bits per heavy atom. The Morgan fingerprint density at radius 1 is 0.906 bits per heavy atom. The minimum Gasteiger partial charge on any atom is -0.394 e. The van der Waals surface area contributed by atoms with Gasteiger partial charge in [0.25, 0.3) is 0 Å². The van der Waals surface area contributed by atoms with Gasteiger partial charge in [-0.1, -0.05) is 17.9 Å². The third-order valence-corrected chi connectivity index (χ3v) is 5.95. The van der Waals surface area contributed by atoms with Crippen LogP contribution in [0.5, 0.6) is 0 Å². The minimum atomic E-state index is -1.47. The third-order valence-electron chi connectivity index (χ3n) is 5.95. The average molecular weight is 449 g/mol. The number of aliphatic hydroxyl groups excluding tert-OH is 7. The summed E-state index contributed by atoms with van der Waals surface area (Å²) in [4.78, 5) is 3.11. The van der Waals surface area contributed by atoms with Crippen LogP contribution in [-0.2, 0) is 9.47 Å². The van der Waals surface area contributed by atoms with E-state index in [4.69, 9.17) is 9.47 Å². The lowest BCUT2D eigenvalue weighted by atomic mass is 9.93. The second-order valence-electron chi connectivity index (χ2n) is 8.20. The molecule has 32 heavy (non-hydrogen) atoms. The van der Waals surface area contributed by atoms with Crippen molar-refractivity contribution in [1.82, 2.24) is 4.98 Å². The molecule has 10 nitrogen and oxygen atoms in total. The molecule has 0 amide bonds. The number of H-pyrrole nitrogens is 1. The van der Waals surface area contributed by atoms with Crippen molar-refractivity contribution < 1.29 is 45.2 Å². The van der Waals surface area contributed by atoms with Crippen LogP contribution < -0.4 is 0 Å². The van der Waals surface area contributed by atoms with E-state index in [0.717, 1.165) is 5.39 Å². The molecule has 0 radical (unpaired) electrons. The molecule has 8 N–H and O–H groups in total. The summed E-state index contributed by atoms with van der Waals surface area (Å²) < 4.78 is 11.1. The maximum atomic E-state index is 10.3. The van der Waals surface area contributed by atoms with E-state index in [1.165, 1.54) is 0 Å². The van der Waals surface area contributed by atoms with Gasteiger partial charge < -0.3 is 50.2 Å². The molecule has 0 saturated carbocycles. The van der Waals surface area contributed by atoms with Gasteiger partial charge in [-0.3, -0.25) is 0 Å². The van der Waals surface area contributed by atoms with E-state index in [-0.39, 0.29) is 13.0 Å². The number of rotatable bonds is 3. The normalized spacial score (nSPS) is 37.8. The fourth-order valence-electron chi connectivity index (χ4n) is 4.08. The van der Waals surface area contributed by atoms with E-state index in [1.54, 1.807) is 24.3 Å². The van der Waals surface area contributed by atoms with Crippen molar-refractivity contribution >= 4 is 10.9 Å². The van der Waals surface area contributed by atoms with Crippen LogP contribution in [-0.4, -0.2) is 103 Å². The Balaban J connectivity index is 1.56. The molecule has 0 spiro atoms. The van der Waals surface area contributed by atoms with Crippen LogP contribution >= 0.6 is 0 Å². The van der Waals surface area contributed by atoms with Gasteiger partial charge >= 0.3 is 0 Å². The maximum Gasteiger partial charge on any atom is 0.147 e. The summed E-state index contributed by atoms with van der Waals surface area (Å²) in [5, 5.41) is 69.8. The van der Waals surface area contributed by atoms with Crippen LogP contribution in [0.4, 0.5) is 0 Å². The summed E-state index contributed by atoms with van der Waals surface area (Å²) in [5.41, 5.74) is 1.72. The molecule has 1 aromatic heterocycles. The molecule has 2 aliphatic heterocycles. The van der Waals surface area contributed by atoms with E-state index in [9.17, 15) is 35.7 Å². The minimum absolute atomic E-state index is 0.130. The predicted octanol–water partition coefficient (Wildman–Crippen LogP) is -2.09. The fourth-order valence-corrected chi connectivity index (χ4v) is 4.08. The highest BCUT2D eigenvalue weighted by Crippen LogP contribution is 2.33. The lowest BCUT2D eigenvalue weighted by Crippen LogP contribution is -2.55. The highest BCUT2D eigenvalue weighted by molar-refractivity contribution is 5.82. The van der Waals surface area contributed by atoms with E-state index >= 15 is 0 Å². The van der Waals surface area contributed by atoms with Gasteiger partial charge in [0, 0.05) is 23.2 Å². The summed E-state index contributed by atoms with van der Waals surface area (Å²) in [6.45, 7) is -0.792. The maximum absolute atomic E-state index is 10.3. The monoisotopic (exact) mass is 449 g/mol. The lowest BCUT2D eigenvalue weighted by Gasteiger charge is -2.39. The smallest absolute Gasteiger partial charge is 0.147 e. The number of aromatic nitrogens is 1. The third kappa shape index (κ3) is 4.40. The van der Waals surface area contributed by atoms with E-state index in [2.05, 4.69) is 16.8 Å². The number of fused-ring (bicyclic) bond motifs is 1. The number of aliphatic hydroxyl groups is 7. The zero-order chi connectivity index (χ0) is 23.0. The predicted molar refractivity (Wildman–Crippen MR) is 110 cm³/mol. The van der Waals surface area contributed by atoms with E-state index < -0.39 is 61.5 Å². The van der Waals surface area contributed by atoms with E-state index in [1.807, 2.05) is 0 Å². The van der Waals surface area contributed by atoms with Crippen molar-refractivity contribution in [3.63, 3.8) is 0 Å². The van der Waals surface area contributed by atoms with Crippen molar-refractivity contribution in [3.8, 4) is 11.8 Å². The highest BCUT2D eigenvalue weighted by atomic mass is 16.5. The number of ether oxygens (including phenoxy) is 2. The highest BCUT2D eigenvalue weighted by Gasteiger charge is 2.44. The van der Waals surface area contributed by atoms with Crippen LogP contribution in [0, 0.1) is 11.8 Å². The first-order valence-corrected chi connectivity index (χ1v) is 10.4. The fraction of sp³-hybridized carbons (Fsp3) is 0.545. The number of hydrogen-bond donors (Lipinski definition) is 8. The Labute approximate surface area is 183 Å². The van der Waals surface area contributed by atoms with Crippen molar-refractivity contribution in [3.05, 3.63) is 35.5 Å². The number of nitrogens with one attached hydrogen (secondary N) is 1. The molecule has 2 aromatic rings. The Bertz CT molecular complexity index is 996. The van der Waals surface area contributed by atoms with Gasteiger partial charge in [0.15, 0.2) is 0 Å². The van der Waals surface area contributed by atoms with Crippen LogP contribution in [0.25, 0.3) is 10.9 Å². The standard InChI is InChI=1S/C22H27NO9/c24-8-12-7-15(26)18(27)16(31-12)4-2-10-1-3-11-6-14(23-13(11)5-10)22-21(30)20(29)19(28)17(9-25)32-22/h1,3,5-6,12,15-30H,7-9H2/t12?,15?,16?,17?,18?,19-,20?,21?,22-/m1/s1. The first-order valence-electron chi connectivity index (χ1n) is 10.4. The van der Waals surface area contributed by atoms with E-state index in [0.29, 0.717) is 16.8 Å². The second kappa shape index (κ2) is 9.44. The SMILES string of the molecule is OCC1CC(O)C(O)C(C#Cc2ccc3cc([C@H]4OC(CO)[C@@H](O)C(O)C4O)[nH]c3c2)O1. The van der Waals surface area contributed by atoms with Crippen LogP contribution in [0.2, 0.25) is 0 Å². The van der Waals surface area contributed by atoms with Gasteiger partial charge in [-0.05, 0) is 23.6 Å². The van der Waals surface area contributed by atoms with Crippen LogP contribution in [0.1, 0.15) is 23.8 Å². The molecular weight excluding hydrogens is 422 g/mol. The topological polar surface area (TPSA) is 176 Å². The Kier molecular flexibility index (Phi) is 6.83. The van der Waals surface area contributed by atoms with Gasteiger partial charge in [0.1, 0.15) is 42.7 Å². The molecule has 0 bridgehead atoms. The zero-order valence-corrected chi connectivity index (χ0v) is 17.1. The average Bonchev–Trinajstić information content (AvgIpc) is 3.21. The largest absolute Gasteiger partial charge is 0.394 e. The Hall–Kier alpha value is -2.04. The van der Waals surface area contributed by atoms with Gasteiger partial charge in [0.2, 0.25) is 0 Å². The van der Waals surface area contributed by atoms with Gasteiger partial charge in [-0.25, -0.2) is 0 Å². The lowest BCUT2D eigenvalue weighted by molar-refractivity contribution is -0.232. The van der Waals surface area contributed by atoms with Crippen LogP contribution in [0.3, 0.4) is 0 Å². The molecule has 4 rings (SSSR count). The molecule has 7 unspecified atom stereocenters. The van der Waals surface area contributed by atoms with Crippen molar-refractivity contribution in [2.45, 2.75) is 61.4 Å². The van der Waals surface area contributed by atoms with Gasteiger partial charge in [0.05, 0.1) is 25.4 Å². The number of benzene rings is 1. The summed E-state index contributed by atoms with van der Waals surface area (Å²) in [5.74, 6) is 5.68. The number of hydrogen-bond acceptors (Lipinski definition) is 9. The van der Waals surface area contributed by atoms with Crippen molar-refractivity contribution in [1.29, 1.82) is 0 Å². The molecule has 10 heteroatoms. The van der Waals surface area contributed by atoms with Gasteiger partial charge in [-0.2, -0.15) is 0 Å². The summed E-state index contributed by atoms with van der Waals surface area (Å²) in [6.07, 6.45) is -9.91. The molecule has 1 aromatic carbocycles. The Morgan fingerprint density at radius 3 is 2.41 bits per heavy atom. The first-order chi connectivity index (χ1) is 15.3.